The Kier molecular flexibility index (Phi) is 6.97. The van der Waals surface area contributed by atoms with E-state index < -0.39 is 0 Å². The molecule has 164 valence electrons. The highest BCUT2D eigenvalue weighted by Gasteiger charge is 2.27. The number of amides is 2. The summed E-state index contributed by atoms with van der Waals surface area (Å²) in [7, 11) is 0. The third-order valence-electron chi connectivity index (χ3n) is 6.08. The van der Waals surface area contributed by atoms with Crippen molar-refractivity contribution < 1.29 is 9.59 Å². The van der Waals surface area contributed by atoms with E-state index in [9.17, 15) is 9.59 Å². The number of benzene rings is 3. The Morgan fingerprint density at radius 1 is 0.906 bits per heavy atom. The van der Waals surface area contributed by atoms with E-state index in [1.54, 1.807) is 12.1 Å². The number of nitrogens with zero attached hydrogens (tertiary/aromatic N) is 1. The van der Waals surface area contributed by atoms with Gasteiger partial charge in [0.1, 0.15) is 0 Å². The van der Waals surface area contributed by atoms with Crippen molar-refractivity contribution in [3.63, 3.8) is 0 Å². The molecule has 1 heterocycles. The first-order valence-electron chi connectivity index (χ1n) is 11.1. The van der Waals surface area contributed by atoms with Crippen molar-refractivity contribution in [2.75, 3.05) is 19.6 Å². The molecule has 0 spiro atoms. The minimum atomic E-state index is -0.245. The summed E-state index contributed by atoms with van der Waals surface area (Å²) in [6.45, 7) is 3.94. The zero-order valence-electron chi connectivity index (χ0n) is 18.3. The van der Waals surface area contributed by atoms with Gasteiger partial charge in [-0.25, -0.2) is 0 Å². The maximum absolute atomic E-state index is 12.4. The summed E-state index contributed by atoms with van der Waals surface area (Å²) in [5.41, 5.74) is 3.98. The molecule has 4 rings (SSSR count). The van der Waals surface area contributed by atoms with Crippen LogP contribution in [0.25, 0.3) is 11.1 Å². The van der Waals surface area contributed by atoms with Crippen molar-refractivity contribution in [2.24, 2.45) is 0 Å². The minimum Gasteiger partial charge on any atom is -0.350 e. The number of rotatable bonds is 7. The second-order valence-corrected chi connectivity index (χ2v) is 8.26. The largest absolute Gasteiger partial charge is 0.350 e. The van der Waals surface area contributed by atoms with Gasteiger partial charge in [-0.2, -0.15) is 0 Å². The SMILES string of the molecule is CC(c1ccccc1)N1CCC(NC(=O)CNC(=O)c2ccc(-c3ccccc3)cc2)C1. The maximum atomic E-state index is 12.4. The van der Waals surface area contributed by atoms with Crippen LogP contribution >= 0.6 is 0 Å². The Morgan fingerprint density at radius 3 is 2.22 bits per heavy atom. The first-order valence-corrected chi connectivity index (χ1v) is 11.1. The van der Waals surface area contributed by atoms with Crippen molar-refractivity contribution in [2.45, 2.75) is 25.4 Å². The molecule has 1 saturated heterocycles. The quantitative estimate of drug-likeness (QED) is 0.598. The predicted octanol–water partition coefficient (Wildman–Crippen LogP) is 4.04. The number of likely N-dealkylation sites (tertiary alicyclic amines) is 1. The third kappa shape index (κ3) is 5.42. The van der Waals surface area contributed by atoms with Crippen LogP contribution in [0.15, 0.2) is 84.9 Å². The molecule has 0 saturated carbocycles. The highest BCUT2D eigenvalue weighted by atomic mass is 16.2. The molecule has 1 aliphatic heterocycles. The highest BCUT2D eigenvalue weighted by molar-refractivity contribution is 5.96. The van der Waals surface area contributed by atoms with Crippen molar-refractivity contribution >= 4 is 11.8 Å². The molecule has 3 aromatic carbocycles. The van der Waals surface area contributed by atoms with Gasteiger partial charge in [0.25, 0.3) is 5.91 Å². The smallest absolute Gasteiger partial charge is 0.251 e. The molecular formula is C27H29N3O2. The maximum Gasteiger partial charge on any atom is 0.251 e. The van der Waals surface area contributed by atoms with Gasteiger partial charge in [-0.3, -0.25) is 14.5 Å². The van der Waals surface area contributed by atoms with E-state index in [-0.39, 0.29) is 24.4 Å². The monoisotopic (exact) mass is 427 g/mol. The molecule has 0 bridgehead atoms. The molecule has 1 aliphatic rings. The second kappa shape index (κ2) is 10.2. The molecule has 32 heavy (non-hydrogen) atoms. The van der Waals surface area contributed by atoms with Crippen LogP contribution in [-0.2, 0) is 4.79 Å². The van der Waals surface area contributed by atoms with Crippen LogP contribution in [0.3, 0.4) is 0 Å². The van der Waals surface area contributed by atoms with Crippen LogP contribution in [0, 0.1) is 0 Å². The summed E-state index contributed by atoms with van der Waals surface area (Å²) in [6.07, 6.45) is 0.914. The fraction of sp³-hybridized carbons (Fsp3) is 0.259. The average Bonchev–Trinajstić information content (AvgIpc) is 3.31. The molecule has 5 heteroatoms. The Hall–Kier alpha value is -3.44. The van der Waals surface area contributed by atoms with Gasteiger partial charge < -0.3 is 10.6 Å². The molecule has 5 nitrogen and oxygen atoms in total. The Balaban J connectivity index is 1.23. The predicted molar refractivity (Wildman–Crippen MR) is 127 cm³/mol. The van der Waals surface area contributed by atoms with E-state index in [1.165, 1.54) is 5.56 Å². The van der Waals surface area contributed by atoms with Crippen LogP contribution in [0.4, 0.5) is 0 Å². The summed E-state index contributed by atoms with van der Waals surface area (Å²) in [6, 6.07) is 28.3. The highest BCUT2D eigenvalue weighted by Crippen LogP contribution is 2.24. The molecule has 0 radical (unpaired) electrons. The summed E-state index contributed by atoms with van der Waals surface area (Å²) >= 11 is 0. The number of hydrogen-bond donors (Lipinski definition) is 2. The van der Waals surface area contributed by atoms with E-state index in [1.807, 2.05) is 48.5 Å². The first kappa shape index (κ1) is 21.8. The topological polar surface area (TPSA) is 61.4 Å². The molecule has 1 fully saturated rings. The zero-order chi connectivity index (χ0) is 22.3. The van der Waals surface area contributed by atoms with Gasteiger partial charge in [0, 0.05) is 30.7 Å². The lowest BCUT2D eigenvalue weighted by molar-refractivity contribution is -0.120. The van der Waals surface area contributed by atoms with Crippen LogP contribution in [-0.4, -0.2) is 42.4 Å². The number of nitrogens with one attached hydrogen (secondary N) is 2. The lowest BCUT2D eigenvalue weighted by atomic mass is 10.0. The van der Waals surface area contributed by atoms with E-state index in [0.29, 0.717) is 11.6 Å². The molecule has 2 unspecified atom stereocenters. The van der Waals surface area contributed by atoms with Crippen LogP contribution in [0.2, 0.25) is 0 Å². The van der Waals surface area contributed by atoms with Crippen molar-refractivity contribution in [1.29, 1.82) is 0 Å². The third-order valence-corrected chi connectivity index (χ3v) is 6.08. The van der Waals surface area contributed by atoms with E-state index in [4.69, 9.17) is 0 Å². The van der Waals surface area contributed by atoms with Crippen molar-refractivity contribution in [3.05, 3.63) is 96.1 Å². The van der Waals surface area contributed by atoms with E-state index in [0.717, 1.165) is 30.6 Å². The van der Waals surface area contributed by atoms with Crippen LogP contribution in [0.1, 0.15) is 35.3 Å². The van der Waals surface area contributed by atoms with E-state index in [2.05, 4.69) is 46.7 Å². The van der Waals surface area contributed by atoms with Gasteiger partial charge >= 0.3 is 0 Å². The zero-order valence-corrected chi connectivity index (χ0v) is 18.3. The van der Waals surface area contributed by atoms with Crippen molar-refractivity contribution in [3.8, 4) is 11.1 Å². The Morgan fingerprint density at radius 2 is 1.53 bits per heavy atom. The van der Waals surface area contributed by atoms with Crippen molar-refractivity contribution in [1.82, 2.24) is 15.5 Å². The summed E-state index contributed by atoms with van der Waals surface area (Å²) in [5, 5.41) is 5.78. The van der Waals surface area contributed by atoms with Gasteiger partial charge in [0.2, 0.25) is 5.91 Å². The van der Waals surface area contributed by atoms with Gasteiger partial charge in [0.15, 0.2) is 0 Å². The van der Waals surface area contributed by atoms with Gasteiger partial charge in [-0.1, -0.05) is 72.8 Å². The second-order valence-electron chi connectivity index (χ2n) is 8.26. The van der Waals surface area contributed by atoms with Gasteiger partial charge in [-0.05, 0) is 42.2 Å². The molecule has 3 aromatic rings. The molecule has 0 aliphatic carbocycles. The Labute approximate surface area is 189 Å². The lowest BCUT2D eigenvalue weighted by Gasteiger charge is -2.24. The number of hydrogen-bond acceptors (Lipinski definition) is 3. The molecule has 0 aromatic heterocycles. The fourth-order valence-electron chi connectivity index (χ4n) is 4.19. The molecule has 2 N–H and O–H groups in total. The number of carbonyl (C=O) groups is 2. The lowest BCUT2D eigenvalue weighted by Crippen LogP contribution is -2.43. The van der Waals surface area contributed by atoms with Gasteiger partial charge in [-0.15, -0.1) is 0 Å². The summed E-state index contributed by atoms with van der Waals surface area (Å²) in [5.74, 6) is -0.399. The minimum absolute atomic E-state index is 0.0238. The van der Waals surface area contributed by atoms with Crippen LogP contribution < -0.4 is 10.6 Å². The molecule has 2 atom stereocenters. The summed E-state index contributed by atoms with van der Waals surface area (Å²) in [4.78, 5) is 27.2. The molecular weight excluding hydrogens is 398 g/mol. The number of carbonyl (C=O) groups excluding carboxylic acids is 2. The van der Waals surface area contributed by atoms with Crippen LogP contribution in [0.5, 0.6) is 0 Å². The molecule has 2 amide bonds. The normalized spacial score (nSPS) is 17.0. The fourth-order valence-corrected chi connectivity index (χ4v) is 4.19. The summed E-state index contributed by atoms with van der Waals surface area (Å²) < 4.78 is 0. The average molecular weight is 428 g/mol. The Bertz CT molecular complexity index is 1040. The van der Waals surface area contributed by atoms with Gasteiger partial charge in [0.05, 0.1) is 6.54 Å². The standard InChI is InChI=1S/C27H29N3O2/c1-20(21-8-4-2-5-9-21)30-17-16-25(19-30)29-26(31)18-28-27(32)24-14-12-23(13-15-24)22-10-6-3-7-11-22/h2-15,20,25H,16-19H2,1H3,(H,28,32)(H,29,31). The van der Waals surface area contributed by atoms with E-state index >= 15 is 0 Å². The first-order chi connectivity index (χ1) is 15.6.